The van der Waals surface area contributed by atoms with Gasteiger partial charge in [0, 0.05) is 81.5 Å². The van der Waals surface area contributed by atoms with Gasteiger partial charge < -0.3 is 82.3 Å². The van der Waals surface area contributed by atoms with E-state index in [0.717, 1.165) is 34.1 Å². The number of morpholine rings is 2. The van der Waals surface area contributed by atoms with Crippen molar-refractivity contribution in [2.75, 3.05) is 211 Å². The van der Waals surface area contributed by atoms with Gasteiger partial charge in [0.2, 0.25) is 17.8 Å². The van der Waals surface area contributed by atoms with Crippen molar-refractivity contribution in [2.45, 2.75) is 25.9 Å². The van der Waals surface area contributed by atoms with Gasteiger partial charge in [-0.2, -0.15) is 15.0 Å². The third-order valence-corrected chi connectivity index (χ3v) is 16.6. The first kappa shape index (κ1) is 69.3. The zero-order valence-electron chi connectivity index (χ0n) is 53.8. The van der Waals surface area contributed by atoms with Gasteiger partial charge in [-0.3, -0.25) is 9.59 Å². The summed E-state index contributed by atoms with van der Waals surface area (Å²) in [5.74, 6) is 1.23. The van der Waals surface area contributed by atoms with Crippen LogP contribution in [0.4, 0.5) is 27.9 Å². The number of likely N-dealkylation sites (N-methyl/N-ethyl adjacent to an activating group) is 1. The number of hydrogen-bond donors (Lipinski definition) is 2. The standard InChI is InChI=1S/C68H85ClFN11O13/c1-5-59(83)78-16-18-79(19-17-78)64-56-44-57(69)60(55-43-52(82)42-49-9-6-7-12-53(49)55)61(70)62(56)73-67(75-64)77(4)20-24-86-28-30-88-32-34-90-36-38-92-40-39-91-37-35-89-33-31-87-29-27-85-23-15-71-66(84)51-11-8-10-50(41-51)58-14-13-54-63(72-58)74-68(81-22-26-94-46-48(81)3)76-65(54)80-21-25-93-45-47(80)2/h5-14,41-44,47-48,82H,1,15-40,45-46H2,2-4H3,(H,71,84)/t47-,48-/m1/s1. The third kappa shape index (κ3) is 18.5. The van der Waals surface area contributed by atoms with E-state index in [-0.39, 0.29) is 51.7 Å². The summed E-state index contributed by atoms with van der Waals surface area (Å²) in [7, 11) is 1.81. The summed E-state index contributed by atoms with van der Waals surface area (Å²) in [6.07, 6.45) is 1.30. The van der Waals surface area contributed by atoms with E-state index in [1.807, 2.05) is 66.5 Å². The summed E-state index contributed by atoms with van der Waals surface area (Å²) in [5, 5.41) is 16.5. The van der Waals surface area contributed by atoms with Crippen LogP contribution in [0, 0.1) is 5.82 Å². The molecule has 2 amide bonds. The van der Waals surface area contributed by atoms with Gasteiger partial charge in [0.1, 0.15) is 22.9 Å². The molecule has 0 saturated carbocycles. The predicted molar refractivity (Wildman–Crippen MR) is 358 cm³/mol. The predicted octanol–water partition coefficient (Wildman–Crippen LogP) is 7.24. The van der Waals surface area contributed by atoms with Crippen LogP contribution in [0.1, 0.15) is 24.2 Å². The van der Waals surface area contributed by atoms with E-state index >= 15 is 4.39 Å². The lowest BCUT2D eigenvalue weighted by atomic mass is 9.96. The SMILES string of the molecule is C=CC(=O)N1CCN(c2nc(N(C)CCOCCOCCOCCOCCOCCOCCOCCOCCNC(=O)c3cccc(-c4ccc5c(N6CCOC[C@H]6C)nc(N6CCOC[C@H]6C)nc5n4)c3)nc3c(F)c(-c4cc(O)cc5ccccc45)c(Cl)cc23)CC1. The number of piperazine rings is 1. The average molecular weight is 1320 g/mol. The van der Waals surface area contributed by atoms with Gasteiger partial charge in [-0.1, -0.05) is 54.6 Å². The van der Waals surface area contributed by atoms with Gasteiger partial charge in [0.05, 0.1) is 160 Å². The summed E-state index contributed by atoms with van der Waals surface area (Å²) in [5.41, 5.74) is 3.26. The number of anilines is 4. The maximum Gasteiger partial charge on any atom is 0.251 e. The number of aromatic nitrogens is 5. The van der Waals surface area contributed by atoms with Gasteiger partial charge >= 0.3 is 0 Å². The molecule has 26 heteroatoms. The number of phenolic OH excluding ortho intramolecular Hbond substituents is 1. The number of carbonyl (C=O) groups is 2. The third-order valence-electron chi connectivity index (χ3n) is 16.3. The van der Waals surface area contributed by atoms with Crippen LogP contribution in [-0.2, 0) is 52.2 Å². The minimum absolute atomic E-state index is 0.0194. The van der Waals surface area contributed by atoms with E-state index in [1.54, 1.807) is 28.0 Å². The molecule has 0 unspecified atom stereocenters. The first-order valence-corrected chi connectivity index (χ1v) is 32.5. The number of rotatable bonds is 35. The Bertz CT molecular complexity index is 3650. The second-order valence-electron chi connectivity index (χ2n) is 22.8. The molecule has 504 valence electrons. The number of benzene rings is 4. The first-order valence-electron chi connectivity index (χ1n) is 32.1. The van der Waals surface area contributed by atoms with Crippen LogP contribution in [-0.4, -0.2) is 250 Å². The molecule has 4 aromatic carbocycles. The topological polar surface area (TPSA) is 239 Å². The van der Waals surface area contributed by atoms with Crippen LogP contribution in [0.25, 0.3) is 55.1 Å². The van der Waals surface area contributed by atoms with Crippen LogP contribution in [0.15, 0.2) is 91.5 Å². The molecular weight excluding hydrogens is 1230 g/mol. The Morgan fingerprint density at radius 3 is 1.89 bits per heavy atom. The number of halogens is 2. The Labute approximate surface area is 552 Å². The molecule has 3 aliphatic rings. The zero-order valence-corrected chi connectivity index (χ0v) is 54.6. The average Bonchev–Trinajstić information content (AvgIpc) is 0.757. The summed E-state index contributed by atoms with van der Waals surface area (Å²) in [6.45, 7) is 20.6. The van der Waals surface area contributed by atoms with Crippen molar-refractivity contribution < 1.29 is 66.5 Å². The number of fused-ring (bicyclic) bond motifs is 3. The van der Waals surface area contributed by atoms with Gasteiger partial charge in [-0.25, -0.2) is 14.4 Å². The summed E-state index contributed by atoms with van der Waals surface area (Å²) < 4.78 is 73.8. The molecule has 24 nitrogen and oxygen atoms in total. The number of pyridine rings is 1. The molecule has 6 heterocycles. The van der Waals surface area contributed by atoms with Crippen molar-refractivity contribution in [1.29, 1.82) is 0 Å². The van der Waals surface area contributed by atoms with Crippen LogP contribution in [0.3, 0.4) is 0 Å². The number of nitrogens with zero attached hydrogens (tertiary/aromatic N) is 10. The van der Waals surface area contributed by atoms with Gasteiger partial charge in [-0.05, 0) is 78.7 Å². The lowest BCUT2D eigenvalue weighted by molar-refractivity contribution is -0.126. The minimum Gasteiger partial charge on any atom is -0.508 e. The molecule has 0 bridgehead atoms. The molecule has 3 saturated heterocycles. The summed E-state index contributed by atoms with van der Waals surface area (Å²) in [4.78, 5) is 60.3. The molecule has 3 aliphatic heterocycles. The molecule has 2 atom stereocenters. The Hall–Kier alpha value is -7.53. The van der Waals surface area contributed by atoms with Crippen molar-refractivity contribution in [2.24, 2.45) is 0 Å². The Kier molecular flexibility index (Phi) is 26.0. The zero-order chi connectivity index (χ0) is 65.6. The molecule has 0 aliphatic carbocycles. The highest BCUT2D eigenvalue weighted by molar-refractivity contribution is 6.35. The Morgan fingerprint density at radius 1 is 0.660 bits per heavy atom. The van der Waals surface area contributed by atoms with Crippen molar-refractivity contribution in [1.82, 2.24) is 35.1 Å². The van der Waals surface area contributed by atoms with Crippen LogP contribution in [0.5, 0.6) is 5.75 Å². The summed E-state index contributed by atoms with van der Waals surface area (Å²) >= 11 is 6.91. The lowest BCUT2D eigenvalue weighted by Gasteiger charge is -2.37. The second kappa shape index (κ2) is 35.3. The maximum atomic E-state index is 17.0. The fourth-order valence-corrected chi connectivity index (χ4v) is 11.5. The number of nitrogens with one attached hydrogen (secondary N) is 1. The molecule has 7 aromatic rings. The first-order chi connectivity index (χ1) is 45.9. The fourth-order valence-electron chi connectivity index (χ4n) is 11.3. The number of carbonyl (C=O) groups excluding carboxylic acids is 2. The van der Waals surface area contributed by atoms with Gasteiger partial charge in [0.15, 0.2) is 11.5 Å². The minimum atomic E-state index is -0.639. The van der Waals surface area contributed by atoms with Crippen molar-refractivity contribution >= 4 is 79.7 Å². The van der Waals surface area contributed by atoms with Crippen molar-refractivity contribution in [3.05, 3.63) is 108 Å². The van der Waals surface area contributed by atoms with Crippen molar-refractivity contribution in [3.63, 3.8) is 0 Å². The van der Waals surface area contributed by atoms with Gasteiger partial charge in [-0.15, -0.1) is 0 Å². The highest BCUT2D eigenvalue weighted by Crippen LogP contribution is 2.43. The molecular formula is C68H85ClFN11O13. The van der Waals surface area contributed by atoms with E-state index in [2.05, 4.69) is 35.5 Å². The number of amides is 2. The summed E-state index contributed by atoms with van der Waals surface area (Å²) in [6, 6.07) is 23.9. The highest BCUT2D eigenvalue weighted by Gasteiger charge is 2.30. The molecule has 0 radical (unpaired) electrons. The maximum absolute atomic E-state index is 17.0. The van der Waals surface area contributed by atoms with E-state index in [1.165, 1.54) is 12.1 Å². The fraction of sp³-hybridized carbons (Fsp3) is 0.485. The monoisotopic (exact) mass is 1320 g/mol. The van der Waals surface area contributed by atoms with E-state index in [4.69, 9.17) is 83.9 Å². The number of phenols is 1. The number of hydrogen-bond acceptors (Lipinski definition) is 22. The largest absolute Gasteiger partial charge is 0.508 e. The Balaban J connectivity index is 0.535. The van der Waals surface area contributed by atoms with Gasteiger partial charge in [0.25, 0.3) is 5.91 Å². The lowest BCUT2D eigenvalue weighted by Crippen LogP contribution is -2.48. The van der Waals surface area contributed by atoms with E-state index in [9.17, 15) is 14.7 Å². The quantitative estimate of drug-likeness (QED) is 0.0294. The van der Waals surface area contributed by atoms with Crippen LogP contribution < -0.4 is 24.9 Å². The molecule has 0 spiro atoms. The number of ether oxygens (including phenoxy) is 10. The smallest absolute Gasteiger partial charge is 0.251 e. The molecule has 10 rings (SSSR count). The van der Waals surface area contributed by atoms with Crippen LogP contribution >= 0.6 is 11.6 Å². The van der Waals surface area contributed by atoms with E-state index < -0.39 is 5.82 Å². The molecule has 3 fully saturated rings. The molecule has 3 aromatic heterocycles. The molecule has 94 heavy (non-hydrogen) atoms. The Morgan fingerprint density at radius 2 is 1.27 bits per heavy atom. The second-order valence-corrected chi connectivity index (χ2v) is 23.2. The highest BCUT2D eigenvalue weighted by atomic mass is 35.5. The molecule has 2 N–H and O–H groups in total. The van der Waals surface area contributed by atoms with Crippen molar-refractivity contribution in [3.8, 4) is 28.1 Å². The van der Waals surface area contributed by atoms with E-state index in [0.29, 0.717) is 218 Å². The normalized spacial score (nSPS) is 16.2. The van der Waals surface area contributed by atoms with Crippen LogP contribution in [0.2, 0.25) is 5.02 Å². The number of aromatic hydroxyl groups is 1.